The molecule has 0 bridgehead atoms. The maximum atomic E-state index is 10.8. The fraction of sp³-hybridized carbons (Fsp3) is 0.111. The van der Waals surface area contributed by atoms with Gasteiger partial charge in [0, 0.05) is 9.26 Å². The molecule has 0 fully saturated rings. The Kier molecular flexibility index (Phi) is 4.50. The number of benzene rings is 1. The van der Waals surface area contributed by atoms with E-state index in [2.05, 4.69) is 33.4 Å². The first kappa shape index (κ1) is 12.7. The van der Waals surface area contributed by atoms with Gasteiger partial charge in [0.2, 0.25) is 11.9 Å². The number of hydrogen-bond donors (Lipinski definition) is 4. The van der Waals surface area contributed by atoms with Crippen molar-refractivity contribution >= 4 is 40.2 Å². The Morgan fingerprint density at radius 3 is 2.62 bits per heavy atom. The van der Waals surface area contributed by atoms with Crippen molar-refractivity contribution in [1.82, 2.24) is 5.43 Å². The monoisotopic (exact) mass is 335 g/mol. The zero-order valence-corrected chi connectivity index (χ0v) is 10.3. The van der Waals surface area contributed by atoms with E-state index in [1.807, 2.05) is 6.07 Å². The van der Waals surface area contributed by atoms with Crippen molar-refractivity contribution in [3.63, 3.8) is 0 Å². The SMILES string of the molecule is NC(=O)C(NNc1cccc(I)c1)C(=O)O. The second-order valence-electron chi connectivity index (χ2n) is 2.95. The molecule has 0 spiro atoms. The van der Waals surface area contributed by atoms with E-state index in [1.54, 1.807) is 18.2 Å². The topological polar surface area (TPSA) is 104 Å². The van der Waals surface area contributed by atoms with Crippen molar-refractivity contribution in [2.45, 2.75) is 6.04 Å². The zero-order chi connectivity index (χ0) is 12.1. The molecule has 1 aromatic rings. The van der Waals surface area contributed by atoms with Crippen LogP contribution in [0.5, 0.6) is 0 Å². The minimum Gasteiger partial charge on any atom is -0.480 e. The molecule has 86 valence electrons. The molecule has 1 aromatic carbocycles. The molecular formula is C9H10IN3O3. The third-order valence-corrected chi connectivity index (χ3v) is 2.39. The Balaban J connectivity index is 2.62. The van der Waals surface area contributed by atoms with Crippen molar-refractivity contribution in [3.05, 3.63) is 27.8 Å². The summed E-state index contributed by atoms with van der Waals surface area (Å²) in [5.74, 6) is -2.28. The van der Waals surface area contributed by atoms with Crippen LogP contribution in [0.4, 0.5) is 5.69 Å². The van der Waals surface area contributed by atoms with Crippen molar-refractivity contribution in [3.8, 4) is 0 Å². The largest absolute Gasteiger partial charge is 0.480 e. The third-order valence-electron chi connectivity index (χ3n) is 1.72. The zero-order valence-electron chi connectivity index (χ0n) is 8.11. The van der Waals surface area contributed by atoms with Gasteiger partial charge in [-0.05, 0) is 40.8 Å². The molecule has 0 aliphatic carbocycles. The Morgan fingerprint density at radius 2 is 2.12 bits per heavy atom. The van der Waals surface area contributed by atoms with Crippen LogP contribution in [0.1, 0.15) is 0 Å². The van der Waals surface area contributed by atoms with Gasteiger partial charge in [-0.25, -0.2) is 10.2 Å². The lowest BCUT2D eigenvalue weighted by Gasteiger charge is -2.13. The van der Waals surface area contributed by atoms with E-state index in [-0.39, 0.29) is 0 Å². The van der Waals surface area contributed by atoms with Crippen LogP contribution in [0, 0.1) is 3.57 Å². The lowest BCUT2D eigenvalue weighted by molar-refractivity contribution is -0.142. The van der Waals surface area contributed by atoms with Crippen molar-refractivity contribution in [2.75, 3.05) is 5.43 Å². The quantitative estimate of drug-likeness (QED) is 0.348. The number of carboxylic acid groups (broad SMARTS) is 1. The summed E-state index contributed by atoms with van der Waals surface area (Å²) in [7, 11) is 0. The van der Waals surface area contributed by atoms with E-state index in [0.29, 0.717) is 5.69 Å². The first-order chi connectivity index (χ1) is 7.50. The molecule has 1 unspecified atom stereocenters. The van der Waals surface area contributed by atoms with Gasteiger partial charge >= 0.3 is 5.97 Å². The van der Waals surface area contributed by atoms with Gasteiger partial charge in [-0.3, -0.25) is 4.79 Å². The highest BCUT2D eigenvalue weighted by Crippen LogP contribution is 2.11. The summed E-state index contributed by atoms with van der Waals surface area (Å²) in [5.41, 5.74) is 10.5. The molecule has 6 nitrogen and oxygen atoms in total. The lowest BCUT2D eigenvalue weighted by atomic mass is 10.3. The number of hydrazine groups is 1. The first-order valence-electron chi connectivity index (χ1n) is 4.30. The number of nitrogens with one attached hydrogen (secondary N) is 2. The fourth-order valence-electron chi connectivity index (χ4n) is 0.976. The number of carbonyl (C=O) groups is 2. The molecular weight excluding hydrogens is 325 g/mol. The molecule has 16 heavy (non-hydrogen) atoms. The molecule has 0 aliphatic heterocycles. The molecule has 0 saturated carbocycles. The standard InChI is InChI=1S/C9H10IN3O3/c10-5-2-1-3-6(4-5)12-13-7(8(11)14)9(15)16/h1-4,7,12-13H,(H2,11,14)(H,15,16). The number of aliphatic carboxylic acids is 1. The van der Waals surface area contributed by atoms with Gasteiger partial charge in [0.1, 0.15) is 0 Å². The highest BCUT2D eigenvalue weighted by Gasteiger charge is 2.22. The molecule has 0 saturated heterocycles. The van der Waals surface area contributed by atoms with E-state index in [1.165, 1.54) is 0 Å². The van der Waals surface area contributed by atoms with Crippen LogP contribution in [-0.2, 0) is 9.59 Å². The van der Waals surface area contributed by atoms with E-state index >= 15 is 0 Å². The molecule has 7 heteroatoms. The molecule has 0 heterocycles. The van der Waals surface area contributed by atoms with Crippen LogP contribution < -0.4 is 16.6 Å². The lowest BCUT2D eigenvalue weighted by Crippen LogP contribution is -2.49. The average molecular weight is 335 g/mol. The minimum atomic E-state index is -1.46. The predicted octanol–water partition coefficient (Wildman–Crippen LogP) is 0.146. The number of primary amides is 1. The van der Waals surface area contributed by atoms with Crippen LogP contribution in [0.25, 0.3) is 0 Å². The van der Waals surface area contributed by atoms with Crippen LogP contribution in [-0.4, -0.2) is 23.0 Å². The normalized spacial score (nSPS) is 11.8. The molecule has 0 aromatic heterocycles. The molecule has 1 rings (SSSR count). The summed E-state index contributed by atoms with van der Waals surface area (Å²) in [6, 6.07) is 5.74. The third kappa shape index (κ3) is 3.66. The highest BCUT2D eigenvalue weighted by molar-refractivity contribution is 14.1. The number of halogens is 1. The Bertz CT molecular complexity index is 397. The number of hydrogen-bond acceptors (Lipinski definition) is 4. The smallest absolute Gasteiger partial charge is 0.332 e. The summed E-state index contributed by atoms with van der Waals surface area (Å²) in [4.78, 5) is 21.4. The number of carbonyl (C=O) groups excluding carboxylic acids is 1. The summed E-state index contributed by atoms with van der Waals surface area (Å²) in [6.07, 6.45) is 0. The Morgan fingerprint density at radius 1 is 1.44 bits per heavy atom. The van der Waals surface area contributed by atoms with E-state index < -0.39 is 17.9 Å². The van der Waals surface area contributed by atoms with Crippen molar-refractivity contribution in [1.29, 1.82) is 0 Å². The number of carboxylic acids is 1. The average Bonchev–Trinajstić information content (AvgIpc) is 2.16. The van der Waals surface area contributed by atoms with E-state index in [9.17, 15) is 9.59 Å². The number of amides is 1. The van der Waals surface area contributed by atoms with Crippen LogP contribution >= 0.6 is 22.6 Å². The van der Waals surface area contributed by atoms with Gasteiger partial charge in [0.25, 0.3) is 0 Å². The first-order valence-corrected chi connectivity index (χ1v) is 5.38. The van der Waals surface area contributed by atoms with Crippen LogP contribution in [0.3, 0.4) is 0 Å². The number of rotatable bonds is 5. The van der Waals surface area contributed by atoms with E-state index in [4.69, 9.17) is 10.8 Å². The second kappa shape index (κ2) is 5.66. The van der Waals surface area contributed by atoms with Gasteiger partial charge in [0.15, 0.2) is 0 Å². The maximum absolute atomic E-state index is 10.8. The number of nitrogens with two attached hydrogens (primary N) is 1. The predicted molar refractivity (Wildman–Crippen MR) is 66.5 cm³/mol. The van der Waals surface area contributed by atoms with Gasteiger partial charge < -0.3 is 16.3 Å². The highest BCUT2D eigenvalue weighted by atomic mass is 127. The molecule has 0 aliphatic rings. The van der Waals surface area contributed by atoms with Crippen molar-refractivity contribution in [2.24, 2.45) is 5.73 Å². The summed E-state index contributed by atoms with van der Waals surface area (Å²) in [5, 5.41) is 8.67. The van der Waals surface area contributed by atoms with Gasteiger partial charge in [-0.2, -0.15) is 0 Å². The van der Waals surface area contributed by atoms with E-state index in [0.717, 1.165) is 3.57 Å². The van der Waals surface area contributed by atoms with Gasteiger partial charge in [-0.15, -0.1) is 0 Å². The van der Waals surface area contributed by atoms with Crippen molar-refractivity contribution < 1.29 is 14.7 Å². The molecule has 5 N–H and O–H groups in total. The maximum Gasteiger partial charge on any atom is 0.332 e. The van der Waals surface area contributed by atoms with Gasteiger partial charge in [-0.1, -0.05) is 6.07 Å². The fourth-order valence-corrected chi connectivity index (χ4v) is 1.52. The van der Waals surface area contributed by atoms with Gasteiger partial charge in [0.05, 0.1) is 0 Å². The summed E-state index contributed by atoms with van der Waals surface area (Å²) < 4.78 is 0.982. The molecule has 1 atom stereocenters. The molecule has 0 radical (unpaired) electrons. The Labute approximate surface area is 105 Å². The molecule has 1 amide bonds. The summed E-state index contributed by atoms with van der Waals surface area (Å²) >= 11 is 2.11. The Hall–Kier alpha value is -1.35. The minimum absolute atomic E-state index is 0.652. The number of anilines is 1. The second-order valence-corrected chi connectivity index (χ2v) is 4.20. The van der Waals surface area contributed by atoms with Crippen LogP contribution in [0.2, 0.25) is 0 Å². The summed E-state index contributed by atoms with van der Waals surface area (Å²) in [6.45, 7) is 0. The van der Waals surface area contributed by atoms with Crippen LogP contribution in [0.15, 0.2) is 24.3 Å².